The Hall–Kier alpha value is -0.170. The van der Waals surface area contributed by atoms with Crippen molar-refractivity contribution < 1.29 is 8.42 Å². The molecule has 0 aromatic heterocycles. The largest absolute Gasteiger partial charge is 0.314 e. The summed E-state index contributed by atoms with van der Waals surface area (Å²) in [7, 11) is 0.00770. The second kappa shape index (κ2) is 5.95. The SMILES string of the molecule is CCN(C)S(=O)(=O)N(C)CCCNC1CC1. The van der Waals surface area contributed by atoms with E-state index in [1.807, 2.05) is 6.92 Å². The van der Waals surface area contributed by atoms with Crippen LogP contribution in [-0.4, -0.2) is 56.8 Å². The van der Waals surface area contributed by atoms with Gasteiger partial charge in [0, 0.05) is 33.2 Å². The van der Waals surface area contributed by atoms with E-state index in [1.54, 1.807) is 14.1 Å². The molecule has 1 fully saturated rings. The van der Waals surface area contributed by atoms with Crippen LogP contribution in [0.3, 0.4) is 0 Å². The molecule has 0 amide bonds. The Labute approximate surface area is 99.0 Å². The van der Waals surface area contributed by atoms with Gasteiger partial charge in [-0.25, -0.2) is 0 Å². The summed E-state index contributed by atoms with van der Waals surface area (Å²) in [4.78, 5) is 0. The van der Waals surface area contributed by atoms with Crippen molar-refractivity contribution >= 4 is 10.2 Å². The Kier molecular flexibility index (Phi) is 5.17. The van der Waals surface area contributed by atoms with Gasteiger partial charge in [0.1, 0.15) is 0 Å². The van der Waals surface area contributed by atoms with Crippen LogP contribution in [0.1, 0.15) is 26.2 Å². The first kappa shape index (κ1) is 13.9. The van der Waals surface area contributed by atoms with Gasteiger partial charge in [0.2, 0.25) is 0 Å². The Balaban J connectivity index is 2.23. The molecule has 0 aliphatic heterocycles. The van der Waals surface area contributed by atoms with E-state index in [-0.39, 0.29) is 0 Å². The Bertz CT molecular complexity index is 301. The number of hydrogen-bond acceptors (Lipinski definition) is 3. The van der Waals surface area contributed by atoms with Gasteiger partial charge in [-0.05, 0) is 25.8 Å². The molecule has 0 bridgehead atoms. The highest BCUT2D eigenvalue weighted by atomic mass is 32.2. The maximum Gasteiger partial charge on any atom is 0.281 e. The molecule has 0 aromatic rings. The molecule has 16 heavy (non-hydrogen) atoms. The highest BCUT2D eigenvalue weighted by molar-refractivity contribution is 7.86. The highest BCUT2D eigenvalue weighted by Crippen LogP contribution is 2.18. The van der Waals surface area contributed by atoms with Gasteiger partial charge in [0.25, 0.3) is 10.2 Å². The standard InChI is InChI=1S/C10H23N3O2S/c1-4-12(2)16(14,15)13(3)9-5-8-11-10-6-7-10/h10-11H,4-9H2,1-3H3. The van der Waals surface area contributed by atoms with E-state index in [2.05, 4.69) is 5.32 Å². The smallest absolute Gasteiger partial charge is 0.281 e. The molecule has 0 saturated heterocycles. The summed E-state index contributed by atoms with van der Waals surface area (Å²) < 4.78 is 26.5. The summed E-state index contributed by atoms with van der Waals surface area (Å²) in [5.41, 5.74) is 0. The molecule has 1 saturated carbocycles. The molecule has 1 rings (SSSR count). The summed E-state index contributed by atoms with van der Waals surface area (Å²) in [6, 6.07) is 0.695. The lowest BCUT2D eigenvalue weighted by atomic mass is 10.4. The number of nitrogens with one attached hydrogen (secondary N) is 1. The summed E-state index contributed by atoms with van der Waals surface area (Å²) in [5.74, 6) is 0. The molecule has 5 nitrogen and oxygen atoms in total. The number of rotatable bonds is 8. The molecule has 1 aliphatic carbocycles. The van der Waals surface area contributed by atoms with Crippen LogP contribution in [0.5, 0.6) is 0 Å². The zero-order valence-corrected chi connectivity index (χ0v) is 11.3. The molecule has 0 atom stereocenters. The van der Waals surface area contributed by atoms with Gasteiger partial charge in [0.05, 0.1) is 0 Å². The van der Waals surface area contributed by atoms with Crippen molar-refractivity contribution in [2.75, 3.05) is 33.7 Å². The van der Waals surface area contributed by atoms with Gasteiger partial charge in [-0.3, -0.25) is 0 Å². The van der Waals surface area contributed by atoms with Crippen molar-refractivity contribution in [2.45, 2.75) is 32.2 Å². The van der Waals surface area contributed by atoms with E-state index < -0.39 is 10.2 Å². The second-order valence-electron chi connectivity index (χ2n) is 4.33. The van der Waals surface area contributed by atoms with Crippen LogP contribution in [0.4, 0.5) is 0 Å². The third kappa shape index (κ3) is 4.01. The molecule has 0 radical (unpaired) electrons. The molecular weight excluding hydrogens is 226 g/mol. The molecule has 0 unspecified atom stereocenters. The van der Waals surface area contributed by atoms with Gasteiger partial charge >= 0.3 is 0 Å². The first-order chi connectivity index (χ1) is 7.48. The van der Waals surface area contributed by atoms with E-state index in [4.69, 9.17) is 0 Å². The molecule has 0 heterocycles. The van der Waals surface area contributed by atoms with Crippen molar-refractivity contribution in [2.24, 2.45) is 0 Å². The first-order valence-corrected chi connectivity index (χ1v) is 7.29. The maximum absolute atomic E-state index is 11.8. The third-order valence-electron chi connectivity index (χ3n) is 2.89. The van der Waals surface area contributed by atoms with E-state index in [1.165, 1.54) is 21.5 Å². The fourth-order valence-electron chi connectivity index (χ4n) is 1.41. The van der Waals surface area contributed by atoms with Crippen molar-refractivity contribution in [1.29, 1.82) is 0 Å². The lowest BCUT2D eigenvalue weighted by molar-refractivity contribution is 0.394. The van der Waals surface area contributed by atoms with Crippen molar-refractivity contribution in [3.05, 3.63) is 0 Å². The van der Waals surface area contributed by atoms with Gasteiger partial charge < -0.3 is 5.32 Å². The van der Waals surface area contributed by atoms with E-state index in [0.717, 1.165) is 13.0 Å². The fourth-order valence-corrected chi connectivity index (χ4v) is 2.57. The number of hydrogen-bond donors (Lipinski definition) is 1. The number of nitrogens with zero attached hydrogens (tertiary/aromatic N) is 2. The van der Waals surface area contributed by atoms with Gasteiger partial charge in [-0.15, -0.1) is 0 Å². The third-order valence-corrected chi connectivity index (χ3v) is 4.91. The zero-order valence-electron chi connectivity index (χ0n) is 10.4. The van der Waals surface area contributed by atoms with Gasteiger partial charge in [0.15, 0.2) is 0 Å². The van der Waals surface area contributed by atoms with Gasteiger partial charge in [-0.1, -0.05) is 6.92 Å². The van der Waals surface area contributed by atoms with Crippen LogP contribution in [0.15, 0.2) is 0 Å². The Morgan fingerprint density at radius 2 is 1.88 bits per heavy atom. The maximum atomic E-state index is 11.8. The van der Waals surface area contributed by atoms with E-state index in [9.17, 15) is 8.42 Å². The molecule has 6 heteroatoms. The van der Waals surface area contributed by atoms with Crippen molar-refractivity contribution in [3.8, 4) is 0 Å². The zero-order chi connectivity index (χ0) is 12.2. The van der Waals surface area contributed by atoms with E-state index in [0.29, 0.717) is 19.1 Å². The molecule has 0 spiro atoms. The lowest BCUT2D eigenvalue weighted by Crippen LogP contribution is -2.40. The average Bonchev–Trinajstić information content (AvgIpc) is 3.06. The Morgan fingerprint density at radius 3 is 2.38 bits per heavy atom. The summed E-state index contributed by atoms with van der Waals surface area (Å²) in [6.07, 6.45) is 3.41. The monoisotopic (exact) mass is 249 g/mol. The summed E-state index contributed by atoms with van der Waals surface area (Å²) in [6.45, 7) is 3.82. The van der Waals surface area contributed by atoms with Crippen LogP contribution < -0.4 is 5.32 Å². The summed E-state index contributed by atoms with van der Waals surface area (Å²) in [5, 5.41) is 3.37. The lowest BCUT2D eigenvalue weighted by Gasteiger charge is -2.23. The predicted molar refractivity (Wildman–Crippen MR) is 65.5 cm³/mol. The van der Waals surface area contributed by atoms with Gasteiger partial charge in [-0.2, -0.15) is 17.0 Å². The highest BCUT2D eigenvalue weighted by Gasteiger charge is 2.22. The Morgan fingerprint density at radius 1 is 1.25 bits per heavy atom. The van der Waals surface area contributed by atoms with Crippen LogP contribution in [0.2, 0.25) is 0 Å². The topological polar surface area (TPSA) is 52.7 Å². The molecule has 1 N–H and O–H groups in total. The van der Waals surface area contributed by atoms with Crippen molar-refractivity contribution in [3.63, 3.8) is 0 Å². The predicted octanol–water partition coefficient (Wildman–Crippen LogP) is 0.257. The fraction of sp³-hybridized carbons (Fsp3) is 1.00. The molecule has 96 valence electrons. The minimum atomic E-state index is -3.24. The van der Waals surface area contributed by atoms with Crippen LogP contribution >= 0.6 is 0 Å². The quantitative estimate of drug-likeness (QED) is 0.628. The second-order valence-corrected chi connectivity index (χ2v) is 6.47. The minimum Gasteiger partial charge on any atom is -0.314 e. The van der Waals surface area contributed by atoms with Crippen LogP contribution in [-0.2, 0) is 10.2 Å². The van der Waals surface area contributed by atoms with Crippen LogP contribution in [0, 0.1) is 0 Å². The minimum absolute atomic E-state index is 0.507. The molecule has 0 aromatic carbocycles. The normalized spacial score (nSPS) is 17.3. The van der Waals surface area contributed by atoms with Crippen molar-refractivity contribution in [1.82, 2.24) is 13.9 Å². The summed E-state index contributed by atoms with van der Waals surface area (Å²) >= 11 is 0. The molecule has 1 aliphatic rings. The average molecular weight is 249 g/mol. The van der Waals surface area contributed by atoms with Crippen LogP contribution in [0.25, 0.3) is 0 Å². The van der Waals surface area contributed by atoms with E-state index >= 15 is 0 Å². The molecular formula is C10H23N3O2S. The first-order valence-electron chi connectivity index (χ1n) is 5.89.